The monoisotopic (exact) mass is 1060 g/mol. The number of carbonyl (C=O) groups is 7. The number of amides is 1. The topological polar surface area (TPSA) is 331 Å². The first kappa shape index (κ1) is 57.5. The van der Waals surface area contributed by atoms with E-state index in [0.29, 0.717) is 19.2 Å². The summed E-state index contributed by atoms with van der Waals surface area (Å²) in [5.74, 6) is -7.47. The minimum Gasteiger partial charge on any atom is -0.748 e. The molecule has 0 radical (unpaired) electrons. The first-order valence-electron chi connectivity index (χ1n) is 24.1. The predicted molar refractivity (Wildman–Crippen MR) is 254 cm³/mol. The second-order valence-electron chi connectivity index (χ2n) is 21.1. The Hall–Kier alpha value is -5.82. The van der Waals surface area contributed by atoms with E-state index >= 15 is 9.59 Å². The molecule has 2 aromatic carbocycles. The van der Waals surface area contributed by atoms with Crippen molar-refractivity contribution in [2.24, 2.45) is 16.7 Å². The van der Waals surface area contributed by atoms with E-state index in [1.807, 2.05) is 0 Å². The van der Waals surface area contributed by atoms with Crippen molar-refractivity contribution in [2.75, 3.05) is 26.0 Å². The number of rotatable bonds is 12. The average Bonchev–Trinajstić information content (AvgIpc) is 3.85. The summed E-state index contributed by atoms with van der Waals surface area (Å²) in [6.07, 6.45) is -10.2. The fraction of sp³-hybridized carbons (Fsp3) is 0.588. The third kappa shape index (κ3) is 11.8. The van der Waals surface area contributed by atoms with Crippen molar-refractivity contribution in [3.63, 3.8) is 0 Å². The van der Waals surface area contributed by atoms with Gasteiger partial charge in [0.15, 0.2) is 24.0 Å². The maximum absolute atomic E-state index is 15.2. The summed E-state index contributed by atoms with van der Waals surface area (Å²) in [6.45, 7) is 11.3. The molecule has 1 amide bonds. The van der Waals surface area contributed by atoms with Gasteiger partial charge in [-0.2, -0.15) is 0 Å². The standard InChI is InChI=1S/C50H62N2O17.CH4O3S/c1-26-31(65-44(60)38(66-34(55)24-63-43(59)30-20-15-21-51-30)36(28-16-11-9-12-17-28)52-45(61)69-46(3,4)5)23-50(62)41(67-42(58)29-18-13-10-14-19-29)39-48(8,40(57)37(56)35(26)47(50,6)7)32(54)22-33-49(39,25-64-33)68-27(2)53;1-5(2,3)4/h9-14,16-19,30-33,36-39,41,51,54,56,62H,15,20-25H2,1-8H3,(H,52,61);1H3,(H,2,3,4)/t30-,31-,32-,33+,36-,37+,38+,39-,41-,48+,49-,50+;/m0./s1. The molecule has 4 fully saturated rings. The van der Waals surface area contributed by atoms with Crippen LogP contribution in [-0.4, -0.2) is 155 Å². The van der Waals surface area contributed by atoms with Gasteiger partial charge in [-0.05, 0) is 63.5 Å². The van der Waals surface area contributed by atoms with E-state index in [0.717, 1.165) is 13.3 Å². The highest BCUT2D eigenvalue weighted by Gasteiger charge is 2.78. The van der Waals surface area contributed by atoms with Crippen molar-refractivity contribution in [1.29, 1.82) is 0 Å². The zero-order chi connectivity index (χ0) is 54.9. The zero-order valence-electron chi connectivity index (χ0n) is 42.7. The number of alkyl carbamates (subject to hydrolysis) is 1. The van der Waals surface area contributed by atoms with Crippen LogP contribution in [0.25, 0.3) is 0 Å². The molecule has 0 unspecified atom stereocenters. The van der Waals surface area contributed by atoms with Crippen LogP contribution in [0.3, 0.4) is 0 Å². The number of Topliss-reactive ketones (excluding diaryl/α,β-unsaturated/α-hetero) is 1. The summed E-state index contributed by atoms with van der Waals surface area (Å²) in [4.78, 5) is 97.5. The Bertz CT molecular complexity index is 2610. The van der Waals surface area contributed by atoms with E-state index in [-0.39, 0.29) is 35.3 Å². The number of ketones is 1. The highest BCUT2D eigenvalue weighted by atomic mass is 32.2. The third-order valence-corrected chi connectivity index (χ3v) is 14.6. The Morgan fingerprint density at radius 1 is 0.973 bits per heavy atom. The highest BCUT2D eigenvalue weighted by Crippen LogP contribution is 2.64. The molecule has 2 heterocycles. The number of fused-ring (bicyclic) bond motifs is 5. The van der Waals surface area contributed by atoms with E-state index < -0.39 is 147 Å². The van der Waals surface area contributed by atoms with Gasteiger partial charge in [0.2, 0.25) is 6.10 Å². The molecule has 2 saturated carbocycles. The van der Waals surface area contributed by atoms with Crippen molar-refractivity contribution in [3.05, 3.63) is 82.9 Å². The lowest BCUT2D eigenvalue weighted by molar-refractivity contribution is -0.658. The molecule has 22 nitrogen and oxygen atoms in total. The Labute approximate surface area is 428 Å². The molecular formula is C51H66N2O20S. The van der Waals surface area contributed by atoms with Crippen LogP contribution in [0.2, 0.25) is 0 Å². The Morgan fingerprint density at radius 2 is 1.58 bits per heavy atom. The van der Waals surface area contributed by atoms with Crippen LogP contribution in [0.5, 0.6) is 0 Å². The van der Waals surface area contributed by atoms with Crippen molar-refractivity contribution in [1.82, 2.24) is 5.32 Å². The molecule has 2 aliphatic heterocycles. The molecule has 0 aromatic heterocycles. The fourth-order valence-corrected chi connectivity index (χ4v) is 11.1. The van der Waals surface area contributed by atoms with Crippen molar-refractivity contribution in [2.45, 2.75) is 147 Å². The van der Waals surface area contributed by atoms with Crippen LogP contribution in [-0.2, 0) is 67.2 Å². The number of aliphatic hydroxyl groups is 3. The van der Waals surface area contributed by atoms with Gasteiger partial charge in [-0.3, -0.25) is 9.59 Å². The van der Waals surface area contributed by atoms with E-state index in [1.165, 1.54) is 39.8 Å². The maximum Gasteiger partial charge on any atom is 0.408 e. The number of aliphatic hydroxyl groups excluding tert-OH is 2. The predicted octanol–water partition coefficient (Wildman–Crippen LogP) is 1.24. The lowest BCUT2D eigenvalue weighted by Crippen LogP contribution is -2.88. The summed E-state index contributed by atoms with van der Waals surface area (Å²) in [6, 6.07) is 13.7. The molecule has 2 bridgehead atoms. The summed E-state index contributed by atoms with van der Waals surface area (Å²) in [5.41, 5.74) is -8.83. The van der Waals surface area contributed by atoms with Crippen LogP contribution < -0.4 is 10.6 Å². The van der Waals surface area contributed by atoms with Gasteiger partial charge >= 0.3 is 35.9 Å². The molecule has 12 atom stereocenters. The maximum atomic E-state index is 15.2. The SMILES string of the molecule is CC(=O)O[C@@]12CO[C@@H]1C[C@H](O)[C@@]1(C)C(=O)[C@H](O)C3=C(C)[C@@H](OC(=O)[C@H](OC(=O)COC(=O)[C@@H]4CCC[NH2+]4)[C@@H](NC(=O)OC(C)(C)C)c4ccccc4)C[C@@](O)([C@@H](OC(=O)c4ccccc4)[C@H]21)C3(C)C.CS(=O)(=O)[O-]. The van der Waals surface area contributed by atoms with Crippen molar-refractivity contribution < 1.29 is 100 Å². The van der Waals surface area contributed by atoms with Gasteiger partial charge in [0.25, 0.3) is 0 Å². The van der Waals surface area contributed by atoms with E-state index in [9.17, 15) is 39.3 Å². The summed E-state index contributed by atoms with van der Waals surface area (Å²) < 4.78 is 68.4. The molecule has 74 heavy (non-hydrogen) atoms. The number of nitrogens with one attached hydrogen (secondary N) is 1. The van der Waals surface area contributed by atoms with Crippen molar-refractivity contribution >= 4 is 51.8 Å². The van der Waals surface area contributed by atoms with Gasteiger partial charge in [0.05, 0.1) is 46.3 Å². The number of benzene rings is 2. The second-order valence-corrected chi connectivity index (χ2v) is 22.5. The largest absolute Gasteiger partial charge is 0.748 e. The number of quaternary nitrogens is 1. The number of ether oxygens (including phenoxy) is 7. The summed E-state index contributed by atoms with van der Waals surface area (Å²) in [5, 5.41) is 42.5. The normalized spacial score (nSPS) is 30.8. The molecule has 2 saturated heterocycles. The molecule has 2 aromatic rings. The smallest absolute Gasteiger partial charge is 0.408 e. The van der Waals surface area contributed by atoms with Crippen LogP contribution in [0.4, 0.5) is 4.79 Å². The third-order valence-electron chi connectivity index (χ3n) is 14.6. The lowest BCUT2D eigenvalue weighted by Gasteiger charge is -2.67. The van der Waals surface area contributed by atoms with Crippen LogP contribution in [0.15, 0.2) is 71.8 Å². The van der Waals surface area contributed by atoms with Gasteiger partial charge in [-0.15, -0.1) is 0 Å². The van der Waals surface area contributed by atoms with E-state index in [4.69, 9.17) is 46.1 Å². The van der Waals surface area contributed by atoms with Gasteiger partial charge in [0.1, 0.15) is 41.7 Å². The molecule has 7 rings (SSSR count). The summed E-state index contributed by atoms with van der Waals surface area (Å²) >= 11 is 0. The Morgan fingerprint density at radius 3 is 2.12 bits per heavy atom. The average molecular weight is 1060 g/mol. The van der Waals surface area contributed by atoms with Crippen LogP contribution in [0, 0.1) is 16.7 Å². The molecular weight excluding hydrogens is 993 g/mol. The van der Waals surface area contributed by atoms with Gasteiger partial charge in [-0.25, -0.2) is 32.4 Å². The Kier molecular flexibility index (Phi) is 16.9. The Balaban J connectivity index is 0.00000170. The molecule has 5 aliphatic rings. The molecule has 23 heteroatoms. The zero-order valence-corrected chi connectivity index (χ0v) is 43.5. The number of nitrogens with two attached hydrogens (primary N) is 1. The van der Waals surface area contributed by atoms with Gasteiger partial charge in [-0.1, -0.05) is 62.4 Å². The quantitative estimate of drug-likeness (QED) is 0.0864. The first-order chi connectivity index (χ1) is 34.4. The lowest BCUT2D eigenvalue weighted by atomic mass is 9.44. The fourth-order valence-electron chi connectivity index (χ4n) is 11.1. The van der Waals surface area contributed by atoms with Crippen LogP contribution >= 0.6 is 0 Å². The van der Waals surface area contributed by atoms with Crippen LogP contribution in [0.1, 0.15) is 103 Å². The second kappa shape index (κ2) is 21.8. The molecule has 0 spiro atoms. The van der Waals surface area contributed by atoms with E-state index in [1.54, 1.807) is 74.6 Å². The molecule has 6 N–H and O–H groups in total. The van der Waals surface area contributed by atoms with Gasteiger partial charge in [0, 0.05) is 44.3 Å². The van der Waals surface area contributed by atoms with Gasteiger partial charge < -0.3 is 63.7 Å². The number of hydrogen-bond donors (Lipinski definition) is 5. The van der Waals surface area contributed by atoms with E-state index in [2.05, 4.69) is 5.32 Å². The number of esters is 5. The first-order valence-corrected chi connectivity index (χ1v) is 25.9. The minimum absolute atomic E-state index is 0.0419. The summed E-state index contributed by atoms with van der Waals surface area (Å²) in [7, 11) is -3.92. The molecule has 406 valence electrons. The highest BCUT2D eigenvalue weighted by molar-refractivity contribution is 7.84. The number of hydrogen-bond acceptors (Lipinski definition) is 20. The number of carbonyl (C=O) groups excluding carboxylic acids is 7. The van der Waals surface area contributed by atoms with Crippen molar-refractivity contribution in [3.8, 4) is 0 Å². The molecule has 3 aliphatic carbocycles. The minimum atomic E-state index is -3.92.